The van der Waals surface area contributed by atoms with Gasteiger partial charge in [-0.2, -0.15) is 0 Å². The number of nitrogens with two attached hydrogens (primary N) is 1. The maximum atomic E-state index is 6.05. The first-order chi connectivity index (χ1) is 7.16. The number of anilines is 1. The van der Waals surface area contributed by atoms with E-state index in [0.29, 0.717) is 5.69 Å². The minimum Gasteiger partial charge on any atom is -0.397 e. The van der Waals surface area contributed by atoms with Crippen LogP contribution in [-0.2, 0) is 0 Å². The average Bonchev–Trinajstić information content (AvgIpc) is 2.22. The van der Waals surface area contributed by atoms with Crippen molar-refractivity contribution in [3.05, 3.63) is 47.2 Å². The van der Waals surface area contributed by atoms with Gasteiger partial charge in [0.15, 0.2) is 0 Å². The SMILES string of the molecule is Cc1ccc(-c2cncc(N)c2)cc1Cl. The van der Waals surface area contributed by atoms with Gasteiger partial charge in [-0.05, 0) is 30.2 Å². The maximum Gasteiger partial charge on any atom is 0.0506 e. The van der Waals surface area contributed by atoms with E-state index in [2.05, 4.69) is 4.98 Å². The molecular formula is C12H11ClN2. The van der Waals surface area contributed by atoms with Crippen LogP contribution in [0.15, 0.2) is 36.7 Å². The zero-order chi connectivity index (χ0) is 10.8. The van der Waals surface area contributed by atoms with E-state index < -0.39 is 0 Å². The molecule has 1 aromatic heterocycles. The number of hydrogen-bond acceptors (Lipinski definition) is 2. The number of pyridine rings is 1. The van der Waals surface area contributed by atoms with Crippen molar-refractivity contribution in [3.8, 4) is 11.1 Å². The molecule has 0 radical (unpaired) electrons. The Balaban J connectivity index is 2.50. The lowest BCUT2D eigenvalue weighted by Crippen LogP contribution is -1.88. The zero-order valence-electron chi connectivity index (χ0n) is 8.37. The summed E-state index contributed by atoms with van der Waals surface area (Å²) in [4.78, 5) is 4.04. The fourth-order valence-corrected chi connectivity index (χ4v) is 1.57. The minimum atomic E-state index is 0.657. The van der Waals surface area contributed by atoms with Crippen LogP contribution in [0.3, 0.4) is 0 Å². The molecule has 0 spiro atoms. The highest BCUT2D eigenvalue weighted by molar-refractivity contribution is 6.31. The van der Waals surface area contributed by atoms with Gasteiger partial charge < -0.3 is 5.73 Å². The molecule has 0 saturated heterocycles. The van der Waals surface area contributed by atoms with Crippen molar-refractivity contribution < 1.29 is 0 Å². The minimum absolute atomic E-state index is 0.657. The molecule has 0 saturated carbocycles. The maximum absolute atomic E-state index is 6.05. The average molecular weight is 219 g/mol. The molecule has 1 heterocycles. The second-order valence-corrected chi connectivity index (χ2v) is 3.88. The van der Waals surface area contributed by atoms with Crippen LogP contribution in [0.2, 0.25) is 5.02 Å². The molecule has 0 amide bonds. The highest BCUT2D eigenvalue weighted by atomic mass is 35.5. The molecule has 0 atom stereocenters. The van der Waals surface area contributed by atoms with Gasteiger partial charge in [-0.3, -0.25) is 4.98 Å². The van der Waals surface area contributed by atoms with E-state index in [9.17, 15) is 0 Å². The van der Waals surface area contributed by atoms with Crippen molar-refractivity contribution in [1.29, 1.82) is 0 Å². The molecule has 2 aromatic rings. The van der Waals surface area contributed by atoms with E-state index in [1.54, 1.807) is 12.4 Å². The lowest BCUT2D eigenvalue weighted by molar-refractivity contribution is 1.33. The summed E-state index contributed by atoms with van der Waals surface area (Å²) in [6, 6.07) is 7.81. The number of aromatic nitrogens is 1. The Labute approximate surface area is 93.7 Å². The Morgan fingerprint density at radius 1 is 1.13 bits per heavy atom. The van der Waals surface area contributed by atoms with Crippen molar-refractivity contribution >= 4 is 17.3 Å². The first-order valence-electron chi connectivity index (χ1n) is 4.64. The summed E-state index contributed by atoms with van der Waals surface area (Å²) in [6.45, 7) is 1.98. The summed E-state index contributed by atoms with van der Waals surface area (Å²) < 4.78 is 0. The first kappa shape index (κ1) is 9.99. The number of halogens is 1. The Morgan fingerprint density at radius 3 is 2.60 bits per heavy atom. The second kappa shape index (κ2) is 3.91. The topological polar surface area (TPSA) is 38.9 Å². The van der Waals surface area contributed by atoms with Crippen molar-refractivity contribution in [2.45, 2.75) is 6.92 Å². The van der Waals surface area contributed by atoms with Crippen molar-refractivity contribution in [2.75, 3.05) is 5.73 Å². The monoisotopic (exact) mass is 218 g/mol. The van der Waals surface area contributed by atoms with Gasteiger partial charge in [-0.1, -0.05) is 23.7 Å². The van der Waals surface area contributed by atoms with Crippen LogP contribution in [0.1, 0.15) is 5.56 Å². The number of nitrogen functional groups attached to an aromatic ring is 1. The molecule has 76 valence electrons. The number of aryl methyl sites for hydroxylation is 1. The molecule has 2 N–H and O–H groups in total. The number of benzene rings is 1. The van der Waals surface area contributed by atoms with Gasteiger partial charge in [-0.25, -0.2) is 0 Å². The van der Waals surface area contributed by atoms with E-state index in [4.69, 9.17) is 17.3 Å². The predicted molar refractivity (Wildman–Crippen MR) is 63.8 cm³/mol. The van der Waals surface area contributed by atoms with Crippen LogP contribution in [0, 0.1) is 6.92 Å². The molecule has 0 fully saturated rings. The highest BCUT2D eigenvalue weighted by Gasteiger charge is 2.01. The van der Waals surface area contributed by atoms with Crippen molar-refractivity contribution in [2.24, 2.45) is 0 Å². The summed E-state index contributed by atoms with van der Waals surface area (Å²) in [6.07, 6.45) is 3.40. The predicted octanol–water partition coefficient (Wildman–Crippen LogP) is 3.29. The Hall–Kier alpha value is -1.54. The Kier molecular flexibility index (Phi) is 2.60. The molecule has 1 aromatic carbocycles. The van der Waals surface area contributed by atoms with E-state index >= 15 is 0 Å². The fraction of sp³-hybridized carbons (Fsp3) is 0.0833. The van der Waals surface area contributed by atoms with Crippen LogP contribution in [0.5, 0.6) is 0 Å². The van der Waals surface area contributed by atoms with Crippen molar-refractivity contribution in [3.63, 3.8) is 0 Å². The van der Waals surface area contributed by atoms with Crippen LogP contribution >= 0.6 is 11.6 Å². The summed E-state index contributed by atoms with van der Waals surface area (Å²) in [5.74, 6) is 0. The fourth-order valence-electron chi connectivity index (χ4n) is 1.39. The molecule has 0 aliphatic rings. The lowest BCUT2D eigenvalue weighted by atomic mass is 10.1. The van der Waals surface area contributed by atoms with Gasteiger partial charge in [0.25, 0.3) is 0 Å². The van der Waals surface area contributed by atoms with Gasteiger partial charge in [0.2, 0.25) is 0 Å². The van der Waals surface area contributed by atoms with Gasteiger partial charge in [0.05, 0.1) is 5.69 Å². The van der Waals surface area contributed by atoms with Gasteiger partial charge in [0.1, 0.15) is 0 Å². The van der Waals surface area contributed by atoms with E-state index in [0.717, 1.165) is 21.7 Å². The molecule has 0 aliphatic heterocycles. The summed E-state index contributed by atoms with van der Waals surface area (Å²) in [7, 11) is 0. The third kappa shape index (κ3) is 2.10. The molecule has 2 nitrogen and oxygen atoms in total. The third-order valence-electron chi connectivity index (χ3n) is 2.26. The lowest BCUT2D eigenvalue weighted by Gasteiger charge is -2.04. The summed E-state index contributed by atoms with van der Waals surface area (Å²) in [5.41, 5.74) is 9.41. The van der Waals surface area contributed by atoms with Crippen molar-refractivity contribution in [1.82, 2.24) is 4.98 Å². The van der Waals surface area contributed by atoms with E-state index in [1.807, 2.05) is 31.2 Å². The van der Waals surface area contributed by atoms with E-state index in [1.165, 1.54) is 0 Å². The normalized spacial score (nSPS) is 10.3. The second-order valence-electron chi connectivity index (χ2n) is 3.47. The van der Waals surface area contributed by atoms with Crippen LogP contribution < -0.4 is 5.73 Å². The van der Waals surface area contributed by atoms with E-state index in [-0.39, 0.29) is 0 Å². The molecule has 3 heteroatoms. The standard InChI is InChI=1S/C12H11ClN2/c1-8-2-3-9(5-12(8)13)10-4-11(14)7-15-6-10/h2-7H,14H2,1H3. The molecular weight excluding hydrogens is 208 g/mol. The van der Waals surface area contributed by atoms with Gasteiger partial charge >= 0.3 is 0 Å². The zero-order valence-corrected chi connectivity index (χ0v) is 9.12. The largest absolute Gasteiger partial charge is 0.397 e. The Morgan fingerprint density at radius 2 is 1.93 bits per heavy atom. The van der Waals surface area contributed by atoms with Crippen LogP contribution in [0.25, 0.3) is 11.1 Å². The quantitative estimate of drug-likeness (QED) is 0.798. The number of hydrogen-bond donors (Lipinski definition) is 1. The molecule has 0 aliphatic carbocycles. The summed E-state index contributed by atoms with van der Waals surface area (Å²) in [5, 5.41) is 0.759. The number of nitrogens with zero attached hydrogens (tertiary/aromatic N) is 1. The van der Waals surface area contributed by atoms with Crippen LogP contribution in [0.4, 0.5) is 5.69 Å². The smallest absolute Gasteiger partial charge is 0.0506 e. The first-order valence-corrected chi connectivity index (χ1v) is 5.01. The summed E-state index contributed by atoms with van der Waals surface area (Å²) >= 11 is 6.05. The molecule has 0 unspecified atom stereocenters. The molecule has 2 rings (SSSR count). The number of rotatable bonds is 1. The molecule has 15 heavy (non-hydrogen) atoms. The van der Waals surface area contributed by atoms with Gasteiger partial charge in [0, 0.05) is 23.0 Å². The highest BCUT2D eigenvalue weighted by Crippen LogP contribution is 2.25. The third-order valence-corrected chi connectivity index (χ3v) is 2.67. The van der Waals surface area contributed by atoms with Gasteiger partial charge in [-0.15, -0.1) is 0 Å². The van der Waals surface area contributed by atoms with Crippen LogP contribution in [-0.4, -0.2) is 4.98 Å². The Bertz CT molecular complexity index is 495. The molecule has 0 bridgehead atoms.